The standard InChI is InChI=1S/C21H23BrFN3O6/c1-32-16-7-12-14(24-9-25-21(12)26-11-4-2-3-10(22)5-11)6-13(16)18(29)17(23)20(31)19(30)15(28)8-27/h2-7,9,15,17-20,27-31H,8H2,1H3,(H,24,25,26)/t15-,17-,18?,19+,20+/m1/s1. The van der Waals surface area contributed by atoms with Crippen molar-refractivity contribution in [3.8, 4) is 5.75 Å². The zero-order chi connectivity index (χ0) is 23.4. The van der Waals surface area contributed by atoms with E-state index in [0.717, 1.165) is 10.2 Å². The van der Waals surface area contributed by atoms with Crippen LogP contribution in [0.2, 0.25) is 0 Å². The number of methoxy groups -OCH3 is 1. The molecule has 0 amide bonds. The van der Waals surface area contributed by atoms with Crippen LogP contribution < -0.4 is 10.1 Å². The fourth-order valence-electron chi connectivity index (χ4n) is 3.19. The zero-order valence-corrected chi connectivity index (χ0v) is 18.5. The molecule has 3 aromatic rings. The Morgan fingerprint density at radius 3 is 2.50 bits per heavy atom. The second-order valence-corrected chi connectivity index (χ2v) is 8.00. The van der Waals surface area contributed by atoms with E-state index in [4.69, 9.17) is 9.84 Å². The highest BCUT2D eigenvalue weighted by atomic mass is 79.9. The molecular weight excluding hydrogens is 489 g/mol. The van der Waals surface area contributed by atoms with Crippen molar-refractivity contribution in [3.05, 3.63) is 52.8 Å². The van der Waals surface area contributed by atoms with Gasteiger partial charge in [-0.15, -0.1) is 0 Å². The maximum Gasteiger partial charge on any atom is 0.159 e. The SMILES string of the molecule is COc1cc2c(Nc3cccc(Br)c3)ncnc2cc1C(O)[C@@H](F)[C@H](O)[C@@H](O)[C@H](O)CO. The molecule has 0 aliphatic carbocycles. The summed E-state index contributed by atoms with van der Waals surface area (Å²) >= 11 is 3.40. The Kier molecular flexibility index (Phi) is 7.93. The minimum Gasteiger partial charge on any atom is -0.496 e. The number of benzene rings is 2. The third-order valence-electron chi connectivity index (χ3n) is 4.95. The number of aromatic nitrogens is 2. The minimum atomic E-state index is -2.39. The van der Waals surface area contributed by atoms with Crippen molar-refractivity contribution in [1.82, 2.24) is 9.97 Å². The van der Waals surface area contributed by atoms with Crippen molar-refractivity contribution in [2.24, 2.45) is 0 Å². The lowest BCUT2D eigenvalue weighted by Crippen LogP contribution is -2.46. The number of aliphatic hydroxyl groups is 5. The van der Waals surface area contributed by atoms with Crippen LogP contribution in [0.5, 0.6) is 5.75 Å². The van der Waals surface area contributed by atoms with E-state index in [1.165, 1.54) is 25.6 Å². The van der Waals surface area contributed by atoms with Gasteiger partial charge in [0.2, 0.25) is 0 Å². The number of fused-ring (bicyclic) bond motifs is 1. The lowest BCUT2D eigenvalue weighted by molar-refractivity contribution is -0.119. The second-order valence-electron chi connectivity index (χ2n) is 7.09. The van der Waals surface area contributed by atoms with Gasteiger partial charge in [-0.1, -0.05) is 22.0 Å². The molecule has 1 heterocycles. The number of halogens is 2. The summed E-state index contributed by atoms with van der Waals surface area (Å²) in [7, 11) is 1.33. The third kappa shape index (κ3) is 5.14. The summed E-state index contributed by atoms with van der Waals surface area (Å²) in [6, 6.07) is 10.3. The molecule has 6 N–H and O–H groups in total. The van der Waals surface area contributed by atoms with Crippen LogP contribution in [-0.4, -0.2) is 73.7 Å². The van der Waals surface area contributed by atoms with E-state index >= 15 is 0 Å². The lowest BCUT2D eigenvalue weighted by Gasteiger charge is -2.27. The first-order valence-corrected chi connectivity index (χ1v) is 10.4. The van der Waals surface area contributed by atoms with Gasteiger partial charge in [0.1, 0.15) is 42.3 Å². The van der Waals surface area contributed by atoms with Gasteiger partial charge in [-0.2, -0.15) is 0 Å². The average molecular weight is 512 g/mol. The highest BCUT2D eigenvalue weighted by Gasteiger charge is 2.37. The fraction of sp³-hybridized carbons (Fsp3) is 0.333. The van der Waals surface area contributed by atoms with Gasteiger partial charge in [0.25, 0.3) is 0 Å². The molecule has 3 rings (SSSR count). The molecule has 9 nitrogen and oxygen atoms in total. The molecule has 0 aliphatic heterocycles. The molecular formula is C21H23BrFN3O6. The monoisotopic (exact) mass is 511 g/mol. The zero-order valence-electron chi connectivity index (χ0n) is 16.9. The maximum atomic E-state index is 14.8. The number of nitrogens with zero attached hydrogens (tertiary/aromatic N) is 2. The molecule has 32 heavy (non-hydrogen) atoms. The number of alkyl halides is 1. The van der Waals surface area contributed by atoms with Gasteiger partial charge in [-0.25, -0.2) is 14.4 Å². The van der Waals surface area contributed by atoms with Crippen LogP contribution in [-0.2, 0) is 0 Å². The summed E-state index contributed by atoms with van der Waals surface area (Å²) in [5.41, 5.74) is 1.10. The lowest BCUT2D eigenvalue weighted by atomic mass is 9.95. The molecule has 5 atom stereocenters. The molecule has 0 bridgehead atoms. The first-order chi connectivity index (χ1) is 15.3. The van der Waals surface area contributed by atoms with Crippen LogP contribution >= 0.6 is 15.9 Å². The number of ether oxygens (including phenoxy) is 1. The van der Waals surface area contributed by atoms with Crippen LogP contribution in [0.3, 0.4) is 0 Å². The summed E-state index contributed by atoms with van der Waals surface area (Å²) in [6.07, 6.45) is -8.94. The van der Waals surface area contributed by atoms with E-state index in [1.807, 2.05) is 24.3 Å². The van der Waals surface area contributed by atoms with Crippen molar-refractivity contribution in [2.75, 3.05) is 19.0 Å². The summed E-state index contributed by atoms with van der Waals surface area (Å²) in [5.74, 6) is 0.551. The molecule has 1 aromatic heterocycles. The van der Waals surface area contributed by atoms with Crippen LogP contribution in [0.4, 0.5) is 15.9 Å². The Morgan fingerprint density at radius 1 is 1.09 bits per heavy atom. The van der Waals surface area contributed by atoms with Crippen molar-refractivity contribution >= 4 is 38.3 Å². The molecule has 11 heteroatoms. The average Bonchev–Trinajstić information content (AvgIpc) is 2.81. The number of aliphatic hydroxyl groups excluding tert-OH is 5. The van der Waals surface area contributed by atoms with Gasteiger partial charge in [0.15, 0.2) is 6.17 Å². The molecule has 0 aliphatic rings. The van der Waals surface area contributed by atoms with Gasteiger partial charge in [-0.05, 0) is 30.3 Å². The van der Waals surface area contributed by atoms with E-state index in [-0.39, 0.29) is 11.3 Å². The van der Waals surface area contributed by atoms with Crippen molar-refractivity contribution in [1.29, 1.82) is 0 Å². The van der Waals surface area contributed by atoms with Crippen molar-refractivity contribution in [3.63, 3.8) is 0 Å². The van der Waals surface area contributed by atoms with Gasteiger partial charge in [-0.3, -0.25) is 0 Å². The topological polar surface area (TPSA) is 148 Å². The molecule has 1 unspecified atom stereocenters. The fourth-order valence-corrected chi connectivity index (χ4v) is 3.59. The maximum absolute atomic E-state index is 14.8. The Bertz CT molecular complexity index is 1070. The van der Waals surface area contributed by atoms with E-state index in [9.17, 15) is 24.8 Å². The van der Waals surface area contributed by atoms with Gasteiger partial charge in [0, 0.05) is 21.1 Å². The summed E-state index contributed by atoms with van der Waals surface area (Å²) in [4.78, 5) is 8.41. The van der Waals surface area contributed by atoms with Gasteiger partial charge < -0.3 is 35.6 Å². The normalized spacial score (nSPS) is 16.2. The van der Waals surface area contributed by atoms with E-state index in [2.05, 4.69) is 31.2 Å². The third-order valence-corrected chi connectivity index (χ3v) is 5.45. The first-order valence-electron chi connectivity index (χ1n) is 9.59. The Hall–Kier alpha value is -2.41. The molecule has 0 fully saturated rings. The number of nitrogens with one attached hydrogen (secondary N) is 1. The Labute approximate surface area is 191 Å². The van der Waals surface area contributed by atoms with E-state index in [1.54, 1.807) is 0 Å². The molecule has 0 spiro atoms. The summed E-state index contributed by atoms with van der Waals surface area (Å²) < 4.78 is 21.0. The highest BCUT2D eigenvalue weighted by Crippen LogP contribution is 2.36. The van der Waals surface area contributed by atoms with Crippen LogP contribution in [0.1, 0.15) is 11.7 Å². The Balaban J connectivity index is 1.96. The predicted octanol–water partition coefficient (Wildman–Crippen LogP) is 1.59. The smallest absolute Gasteiger partial charge is 0.159 e. The highest BCUT2D eigenvalue weighted by molar-refractivity contribution is 9.10. The van der Waals surface area contributed by atoms with E-state index < -0.39 is 37.2 Å². The summed E-state index contributed by atoms with van der Waals surface area (Å²) in [5, 5.41) is 52.3. The minimum absolute atomic E-state index is 0.0238. The van der Waals surface area contributed by atoms with Gasteiger partial charge >= 0.3 is 0 Å². The molecule has 0 saturated carbocycles. The predicted molar refractivity (Wildman–Crippen MR) is 118 cm³/mol. The molecule has 2 aromatic carbocycles. The number of rotatable bonds is 9. The van der Waals surface area contributed by atoms with Crippen LogP contribution in [0.15, 0.2) is 47.2 Å². The van der Waals surface area contributed by atoms with Crippen LogP contribution in [0, 0.1) is 0 Å². The quantitative estimate of drug-likeness (QED) is 0.252. The molecule has 0 saturated heterocycles. The Morgan fingerprint density at radius 2 is 1.84 bits per heavy atom. The van der Waals surface area contributed by atoms with Crippen LogP contribution in [0.25, 0.3) is 10.9 Å². The number of anilines is 2. The molecule has 172 valence electrons. The van der Waals surface area contributed by atoms with Gasteiger partial charge in [0.05, 0.1) is 19.2 Å². The largest absolute Gasteiger partial charge is 0.496 e. The number of hydrogen-bond donors (Lipinski definition) is 6. The van der Waals surface area contributed by atoms with Crippen molar-refractivity contribution in [2.45, 2.75) is 30.6 Å². The summed E-state index contributed by atoms with van der Waals surface area (Å²) in [6.45, 7) is -0.884. The first kappa shape index (κ1) is 24.2. The second kappa shape index (κ2) is 10.5. The van der Waals surface area contributed by atoms with Crippen molar-refractivity contribution < 1.29 is 34.7 Å². The molecule has 0 radical (unpaired) electrons. The van der Waals surface area contributed by atoms with E-state index in [0.29, 0.717) is 16.7 Å². The number of hydrogen-bond acceptors (Lipinski definition) is 9.